The fraction of sp³-hybridized carbons (Fsp3) is 0.357. The highest BCUT2D eigenvalue weighted by molar-refractivity contribution is 7.15. The predicted molar refractivity (Wildman–Crippen MR) is 77.6 cm³/mol. The second kappa shape index (κ2) is 5.51. The molecule has 110 valence electrons. The van der Waals surface area contributed by atoms with Crippen LogP contribution < -0.4 is 5.73 Å². The van der Waals surface area contributed by atoms with Crippen LogP contribution in [-0.2, 0) is 10.5 Å². The molecule has 3 N–H and O–H groups in total. The third-order valence-corrected chi connectivity index (χ3v) is 4.61. The van der Waals surface area contributed by atoms with Gasteiger partial charge < -0.3 is 15.6 Å². The molecule has 3 heterocycles. The van der Waals surface area contributed by atoms with Gasteiger partial charge in [0.15, 0.2) is 0 Å². The minimum Gasteiger partial charge on any atom is -0.364 e. The van der Waals surface area contributed by atoms with Gasteiger partial charge in [0.05, 0.1) is 11.5 Å². The minimum absolute atomic E-state index is 0.0725. The molecule has 1 amide bonds. The summed E-state index contributed by atoms with van der Waals surface area (Å²) in [6, 6.07) is 3.62. The van der Waals surface area contributed by atoms with Crippen LogP contribution in [0.15, 0.2) is 24.5 Å². The molecular formula is C14H15N3O3S. The summed E-state index contributed by atoms with van der Waals surface area (Å²) in [6.07, 6.45) is 5.46. The Morgan fingerprint density at radius 2 is 2.33 bits per heavy atom. The van der Waals surface area contributed by atoms with E-state index in [1.807, 2.05) is 6.07 Å². The molecule has 3 rings (SSSR count). The lowest BCUT2D eigenvalue weighted by Crippen LogP contribution is -2.34. The summed E-state index contributed by atoms with van der Waals surface area (Å²) in [7, 11) is 0. The van der Waals surface area contributed by atoms with Crippen LogP contribution >= 0.6 is 11.3 Å². The van der Waals surface area contributed by atoms with Crippen LogP contribution in [0.1, 0.15) is 34.6 Å². The maximum Gasteiger partial charge on any atom is 0.268 e. The Bertz CT molecular complexity index is 651. The SMILES string of the molecule is NC(=O)c1nc(-c2cccnc2)sc1C1(O)CCCCO1. The molecular weight excluding hydrogens is 290 g/mol. The summed E-state index contributed by atoms with van der Waals surface area (Å²) >= 11 is 1.22. The number of ether oxygens (including phenoxy) is 1. The van der Waals surface area contributed by atoms with Gasteiger partial charge in [-0.15, -0.1) is 11.3 Å². The summed E-state index contributed by atoms with van der Waals surface area (Å²) in [5.41, 5.74) is 6.24. The Morgan fingerprint density at radius 3 is 2.95 bits per heavy atom. The molecule has 6 nitrogen and oxygen atoms in total. The molecule has 0 spiro atoms. The number of pyridine rings is 1. The van der Waals surface area contributed by atoms with Crippen molar-refractivity contribution in [1.29, 1.82) is 0 Å². The highest BCUT2D eigenvalue weighted by Crippen LogP contribution is 2.40. The van der Waals surface area contributed by atoms with Gasteiger partial charge in [-0.2, -0.15) is 0 Å². The number of amides is 1. The molecule has 2 aromatic heterocycles. The van der Waals surface area contributed by atoms with E-state index in [0.717, 1.165) is 18.4 Å². The van der Waals surface area contributed by atoms with Crippen LogP contribution in [0.25, 0.3) is 10.6 Å². The zero-order valence-electron chi connectivity index (χ0n) is 11.3. The van der Waals surface area contributed by atoms with Crippen molar-refractivity contribution in [3.05, 3.63) is 35.1 Å². The molecule has 0 aliphatic carbocycles. The van der Waals surface area contributed by atoms with Crippen LogP contribution in [0.4, 0.5) is 0 Å². The number of carbonyl (C=O) groups is 1. The van der Waals surface area contributed by atoms with E-state index >= 15 is 0 Å². The number of hydrogen-bond acceptors (Lipinski definition) is 6. The lowest BCUT2D eigenvalue weighted by Gasteiger charge is -2.31. The van der Waals surface area contributed by atoms with Crippen LogP contribution in [-0.4, -0.2) is 27.6 Å². The van der Waals surface area contributed by atoms with Crippen molar-refractivity contribution >= 4 is 17.2 Å². The number of primary amides is 1. The third kappa shape index (κ3) is 2.67. The van der Waals surface area contributed by atoms with Crippen molar-refractivity contribution in [2.75, 3.05) is 6.61 Å². The monoisotopic (exact) mass is 305 g/mol. The van der Waals surface area contributed by atoms with Crippen LogP contribution in [0.3, 0.4) is 0 Å². The molecule has 7 heteroatoms. The minimum atomic E-state index is -1.47. The zero-order chi connectivity index (χ0) is 14.9. The molecule has 0 radical (unpaired) electrons. The maximum atomic E-state index is 11.6. The molecule has 1 saturated heterocycles. The van der Waals surface area contributed by atoms with Crippen molar-refractivity contribution in [2.24, 2.45) is 5.73 Å². The summed E-state index contributed by atoms with van der Waals surface area (Å²) < 4.78 is 5.49. The van der Waals surface area contributed by atoms with Gasteiger partial charge in [0.25, 0.3) is 5.91 Å². The lowest BCUT2D eigenvalue weighted by atomic mass is 10.0. The van der Waals surface area contributed by atoms with E-state index < -0.39 is 11.7 Å². The van der Waals surface area contributed by atoms with E-state index in [9.17, 15) is 9.90 Å². The van der Waals surface area contributed by atoms with Crippen LogP contribution in [0.2, 0.25) is 0 Å². The van der Waals surface area contributed by atoms with E-state index in [-0.39, 0.29) is 5.69 Å². The number of nitrogens with zero attached hydrogens (tertiary/aromatic N) is 2. The standard InChI is InChI=1S/C14H15N3O3S/c15-12(18)10-11(14(19)5-1-2-7-20-14)21-13(17-10)9-4-3-6-16-8-9/h3-4,6,8,19H,1-2,5,7H2,(H2,15,18). The molecule has 0 bridgehead atoms. The molecule has 1 fully saturated rings. The van der Waals surface area contributed by atoms with Crippen molar-refractivity contribution < 1.29 is 14.6 Å². The van der Waals surface area contributed by atoms with Crippen molar-refractivity contribution in [1.82, 2.24) is 9.97 Å². The third-order valence-electron chi connectivity index (χ3n) is 3.37. The van der Waals surface area contributed by atoms with Crippen LogP contribution in [0, 0.1) is 0 Å². The number of carbonyl (C=O) groups excluding carboxylic acids is 1. The van der Waals surface area contributed by atoms with Gasteiger partial charge >= 0.3 is 0 Å². The topological polar surface area (TPSA) is 98.3 Å². The summed E-state index contributed by atoms with van der Waals surface area (Å²) in [4.78, 5) is 20.3. The first-order chi connectivity index (χ1) is 10.1. The van der Waals surface area contributed by atoms with E-state index in [2.05, 4.69) is 9.97 Å². The Kier molecular flexibility index (Phi) is 3.71. The van der Waals surface area contributed by atoms with Gasteiger partial charge in [0.1, 0.15) is 10.7 Å². The number of aromatic nitrogens is 2. The number of aliphatic hydroxyl groups is 1. The second-order valence-electron chi connectivity index (χ2n) is 4.89. The van der Waals surface area contributed by atoms with Crippen molar-refractivity contribution in [3.63, 3.8) is 0 Å². The van der Waals surface area contributed by atoms with Crippen molar-refractivity contribution in [3.8, 4) is 10.6 Å². The molecule has 21 heavy (non-hydrogen) atoms. The highest BCUT2D eigenvalue weighted by Gasteiger charge is 2.39. The van der Waals surface area contributed by atoms with E-state index in [1.54, 1.807) is 18.5 Å². The van der Waals surface area contributed by atoms with Crippen LogP contribution in [0.5, 0.6) is 0 Å². The maximum absolute atomic E-state index is 11.6. The zero-order valence-corrected chi connectivity index (χ0v) is 12.1. The molecule has 0 aromatic carbocycles. The van der Waals surface area contributed by atoms with Crippen molar-refractivity contribution in [2.45, 2.75) is 25.0 Å². The fourth-order valence-electron chi connectivity index (χ4n) is 2.32. The predicted octanol–water partition coefficient (Wildman–Crippen LogP) is 1.65. The van der Waals surface area contributed by atoms with Gasteiger partial charge in [-0.1, -0.05) is 0 Å². The van der Waals surface area contributed by atoms with Gasteiger partial charge in [0, 0.05) is 24.4 Å². The summed E-state index contributed by atoms with van der Waals surface area (Å²) in [5, 5.41) is 11.2. The highest BCUT2D eigenvalue weighted by atomic mass is 32.1. The first-order valence-corrected chi connectivity index (χ1v) is 7.50. The van der Waals surface area contributed by atoms with Gasteiger partial charge in [-0.3, -0.25) is 9.78 Å². The molecule has 0 saturated carbocycles. The Balaban J connectivity index is 2.07. The number of thiazole rings is 1. The lowest BCUT2D eigenvalue weighted by molar-refractivity contribution is -0.231. The summed E-state index contributed by atoms with van der Waals surface area (Å²) in [5.74, 6) is -2.14. The fourth-order valence-corrected chi connectivity index (χ4v) is 3.46. The first kappa shape index (κ1) is 14.1. The summed E-state index contributed by atoms with van der Waals surface area (Å²) in [6.45, 7) is 0.453. The average molecular weight is 305 g/mol. The van der Waals surface area contributed by atoms with E-state index in [4.69, 9.17) is 10.5 Å². The Labute approximate surface area is 125 Å². The average Bonchev–Trinajstić information content (AvgIpc) is 2.95. The molecule has 1 atom stereocenters. The van der Waals surface area contributed by atoms with E-state index in [1.165, 1.54) is 11.3 Å². The largest absolute Gasteiger partial charge is 0.364 e. The molecule has 1 aliphatic rings. The molecule has 2 aromatic rings. The second-order valence-corrected chi connectivity index (χ2v) is 5.89. The first-order valence-electron chi connectivity index (χ1n) is 6.68. The molecule has 1 unspecified atom stereocenters. The normalized spacial score (nSPS) is 22.1. The quantitative estimate of drug-likeness (QED) is 0.898. The smallest absolute Gasteiger partial charge is 0.268 e. The van der Waals surface area contributed by atoms with Gasteiger partial charge in [-0.05, 0) is 25.0 Å². The number of hydrogen-bond donors (Lipinski definition) is 2. The Hall–Kier alpha value is -1.83. The Morgan fingerprint density at radius 1 is 1.48 bits per heavy atom. The number of nitrogens with two attached hydrogens (primary N) is 1. The van der Waals surface area contributed by atoms with E-state index in [0.29, 0.717) is 22.9 Å². The number of rotatable bonds is 3. The van der Waals surface area contributed by atoms with Gasteiger partial charge in [0.2, 0.25) is 5.79 Å². The molecule has 1 aliphatic heterocycles. The van der Waals surface area contributed by atoms with Gasteiger partial charge in [-0.25, -0.2) is 4.98 Å².